The van der Waals surface area contributed by atoms with Crippen LogP contribution in [0.1, 0.15) is 150 Å². The Kier molecular flexibility index (Phi) is 35.4. The average Bonchev–Trinajstić information content (AvgIpc) is 0.786. The molecule has 0 atom stereocenters. The average molecular weight is 1790 g/mol. The van der Waals surface area contributed by atoms with Crippen LogP contribution in [0.25, 0.3) is 111 Å². The zero-order valence-corrected chi connectivity index (χ0v) is 78.2. The first-order chi connectivity index (χ1) is 64.2. The fourth-order valence-corrected chi connectivity index (χ4v) is 17.1. The van der Waals surface area contributed by atoms with Crippen LogP contribution in [0.15, 0.2) is 303 Å². The predicted octanol–water partition coefficient (Wildman–Crippen LogP) is 30.8. The molecule has 15 aromatic rings. The van der Waals surface area contributed by atoms with Gasteiger partial charge in [0.2, 0.25) is 0 Å². The molecule has 0 saturated heterocycles. The Morgan fingerprint density at radius 3 is 0.619 bits per heavy atom. The standard InChI is InChI=1S/C24H22F2O2.2C24H23FO2.2C24H24O2/c1-15-4-3-5-17(12-15)21-10-7-19(14-22(21)24(25)26)20-9-6-16(2)13-18(20)8-11-23(27)28;2*1-16-4-3-5-18(12-16)23-10-7-20(14-21(23)15-25)22-9-6-17(2)13-19(22)8-11-24(26)27;2*1-16-5-4-6-19(13-16)22-11-8-21(15-18(22)3)23-10-7-17(2)14-20(23)9-12-24(25)26/h3-7,9-10,12-14,24H,8,11H2,1-2H3,(H,27,28);2*3-7,9-10,12-14H,8,11,15H2,1-2H3,(H,26,27);2*4-8,10-11,13-15H,9,12H2,1-3H3,(H,25,26). The minimum absolute atomic E-state index is 0.000463. The van der Waals surface area contributed by atoms with Crippen LogP contribution < -0.4 is 0 Å². The van der Waals surface area contributed by atoms with Gasteiger partial charge in [0.15, 0.2) is 0 Å². The van der Waals surface area contributed by atoms with Crippen LogP contribution in [0, 0.1) is 83.1 Å². The van der Waals surface area contributed by atoms with Crippen LogP contribution in [0.5, 0.6) is 0 Å². The van der Waals surface area contributed by atoms with Crippen molar-refractivity contribution >= 4 is 29.8 Å². The summed E-state index contributed by atoms with van der Waals surface area (Å²) < 4.78 is 55.3. The smallest absolute Gasteiger partial charge is 0.303 e. The van der Waals surface area contributed by atoms with Crippen molar-refractivity contribution in [1.29, 1.82) is 0 Å². The second kappa shape index (κ2) is 47.5. The van der Waals surface area contributed by atoms with Crippen molar-refractivity contribution < 1.29 is 67.1 Å². The molecule has 15 aromatic carbocycles. The van der Waals surface area contributed by atoms with Crippen LogP contribution in [-0.2, 0) is 69.4 Å². The third kappa shape index (κ3) is 28.0. The van der Waals surface area contributed by atoms with Crippen molar-refractivity contribution in [2.24, 2.45) is 0 Å². The molecule has 0 fully saturated rings. The highest BCUT2D eigenvalue weighted by atomic mass is 19.3. The molecule has 684 valence electrons. The Balaban J connectivity index is 0.000000161. The molecule has 0 unspecified atom stereocenters. The summed E-state index contributed by atoms with van der Waals surface area (Å²) in [7, 11) is 0. The van der Waals surface area contributed by atoms with Gasteiger partial charge < -0.3 is 25.5 Å². The van der Waals surface area contributed by atoms with E-state index < -0.39 is 49.6 Å². The van der Waals surface area contributed by atoms with Crippen molar-refractivity contribution in [3.05, 3.63) is 415 Å². The van der Waals surface area contributed by atoms with Crippen molar-refractivity contribution in [2.45, 2.75) is 167 Å². The predicted molar refractivity (Wildman–Crippen MR) is 538 cm³/mol. The quantitative estimate of drug-likeness (QED) is 0.0296. The number of carboxylic acid groups (broad SMARTS) is 5. The van der Waals surface area contributed by atoms with E-state index in [1.165, 1.54) is 50.6 Å². The zero-order chi connectivity index (χ0) is 96.4. The lowest BCUT2D eigenvalue weighted by atomic mass is 9.91. The molecule has 0 spiro atoms. The van der Waals surface area contributed by atoms with Gasteiger partial charge in [0, 0.05) is 37.7 Å². The number of hydrogen-bond acceptors (Lipinski definition) is 5. The number of carbonyl (C=O) groups is 5. The molecule has 0 radical (unpaired) electrons. The van der Waals surface area contributed by atoms with Gasteiger partial charge in [-0.2, -0.15) is 0 Å². The van der Waals surface area contributed by atoms with Gasteiger partial charge in [-0.25, -0.2) is 17.6 Å². The fraction of sp³-hybridized carbons (Fsp3) is 0.208. The number of alkyl halides is 4. The first-order valence-electron chi connectivity index (χ1n) is 45.1. The summed E-state index contributed by atoms with van der Waals surface area (Å²) in [5.41, 5.74) is 39.7. The van der Waals surface area contributed by atoms with Gasteiger partial charge in [-0.05, 0) is 295 Å². The van der Waals surface area contributed by atoms with Crippen LogP contribution in [0.3, 0.4) is 0 Å². The third-order valence-electron chi connectivity index (χ3n) is 23.8. The highest BCUT2D eigenvalue weighted by Crippen LogP contribution is 2.41. The monoisotopic (exact) mass is 1790 g/mol. The van der Waals surface area contributed by atoms with E-state index in [-0.39, 0.29) is 37.7 Å². The fourth-order valence-electron chi connectivity index (χ4n) is 17.1. The lowest BCUT2D eigenvalue weighted by Crippen LogP contribution is -2.00. The molecule has 0 aliphatic rings. The maximum absolute atomic E-state index is 13.9. The number of carboxylic acids is 5. The van der Waals surface area contributed by atoms with Gasteiger partial charge in [0.25, 0.3) is 6.43 Å². The summed E-state index contributed by atoms with van der Waals surface area (Å²) in [6.07, 6.45) is 0.206. The Morgan fingerprint density at radius 1 is 0.209 bits per heavy atom. The second-order valence-electron chi connectivity index (χ2n) is 34.8. The van der Waals surface area contributed by atoms with E-state index >= 15 is 0 Å². The molecule has 15 rings (SSSR count). The summed E-state index contributed by atoms with van der Waals surface area (Å²) in [6, 6.07) is 101. The molecular weight excluding hydrogens is 1680 g/mol. The van der Waals surface area contributed by atoms with Crippen molar-refractivity contribution in [2.75, 3.05) is 0 Å². The first kappa shape index (κ1) is 99.9. The maximum atomic E-state index is 13.9. The van der Waals surface area contributed by atoms with E-state index in [0.717, 1.165) is 150 Å². The van der Waals surface area contributed by atoms with Gasteiger partial charge in [0.05, 0.1) is 0 Å². The Morgan fingerprint density at radius 2 is 0.396 bits per heavy atom. The van der Waals surface area contributed by atoms with Gasteiger partial charge in [0.1, 0.15) is 13.3 Å². The SMILES string of the molecule is Cc1cccc(-c2ccc(-c3ccc(C)cc3CCC(=O)O)cc2C(F)F)c1.Cc1cccc(-c2ccc(-c3ccc(C)cc3CCC(=O)O)cc2C)c1.Cc1cccc(-c2ccc(-c3ccc(C)cc3CCC(=O)O)cc2C)c1.Cc1cccc(-c2ccc(-c3ccc(C)cc3CCC(=O)O)cc2CF)c1.Cc1cccc(-c2ccc(-c3ccc(C)cc3CCC(=O)O)cc2CF)c1. The molecule has 0 aromatic heterocycles. The number of rotatable bonds is 28. The van der Waals surface area contributed by atoms with Gasteiger partial charge in [-0.3, -0.25) is 24.0 Å². The molecule has 0 amide bonds. The highest BCUT2D eigenvalue weighted by molar-refractivity contribution is 5.83. The van der Waals surface area contributed by atoms with Gasteiger partial charge >= 0.3 is 29.8 Å². The summed E-state index contributed by atoms with van der Waals surface area (Å²) in [5, 5.41) is 45.1. The number of benzene rings is 15. The molecule has 0 saturated carbocycles. The molecule has 0 heterocycles. The van der Waals surface area contributed by atoms with E-state index in [4.69, 9.17) is 25.5 Å². The molecule has 5 N–H and O–H groups in total. The van der Waals surface area contributed by atoms with Crippen LogP contribution in [0.2, 0.25) is 0 Å². The summed E-state index contributed by atoms with van der Waals surface area (Å²) in [5.74, 6) is -4.04. The Labute approximate surface area is 785 Å². The summed E-state index contributed by atoms with van der Waals surface area (Å²) >= 11 is 0. The van der Waals surface area contributed by atoms with E-state index in [1.54, 1.807) is 6.07 Å². The van der Waals surface area contributed by atoms with E-state index in [0.29, 0.717) is 54.4 Å². The van der Waals surface area contributed by atoms with Crippen LogP contribution >= 0.6 is 0 Å². The first-order valence-corrected chi connectivity index (χ1v) is 45.1. The van der Waals surface area contributed by atoms with Crippen molar-refractivity contribution in [3.8, 4) is 111 Å². The Bertz CT molecular complexity index is 6420. The molecule has 14 heteroatoms. The lowest BCUT2D eigenvalue weighted by Gasteiger charge is -2.15. The van der Waals surface area contributed by atoms with E-state index in [2.05, 4.69) is 161 Å². The summed E-state index contributed by atoms with van der Waals surface area (Å²) in [6.45, 7) is 23.3. The van der Waals surface area contributed by atoms with Gasteiger partial charge in [-0.15, -0.1) is 0 Å². The minimum Gasteiger partial charge on any atom is -0.481 e. The number of aliphatic carboxylic acids is 5. The number of hydrogen-bond donors (Lipinski definition) is 5. The molecular formula is C120H116F4O10. The van der Waals surface area contributed by atoms with Gasteiger partial charge in [-0.1, -0.05) is 341 Å². The van der Waals surface area contributed by atoms with Crippen LogP contribution in [0.4, 0.5) is 17.6 Å². The molecule has 0 bridgehead atoms. The highest BCUT2D eigenvalue weighted by Gasteiger charge is 2.21. The lowest BCUT2D eigenvalue weighted by molar-refractivity contribution is -0.138. The van der Waals surface area contributed by atoms with Crippen LogP contribution in [-0.4, -0.2) is 55.4 Å². The van der Waals surface area contributed by atoms with Crippen molar-refractivity contribution in [3.63, 3.8) is 0 Å². The Hall–Kier alpha value is -14.6. The number of halogens is 4. The maximum Gasteiger partial charge on any atom is 0.303 e. The normalized spacial score (nSPS) is 10.8. The zero-order valence-electron chi connectivity index (χ0n) is 78.2. The van der Waals surface area contributed by atoms with E-state index in [9.17, 15) is 41.5 Å². The second-order valence-corrected chi connectivity index (χ2v) is 34.8. The third-order valence-corrected chi connectivity index (χ3v) is 23.8. The number of aryl methyl sites for hydroxylation is 17. The van der Waals surface area contributed by atoms with Crippen molar-refractivity contribution in [1.82, 2.24) is 0 Å². The molecule has 134 heavy (non-hydrogen) atoms. The topological polar surface area (TPSA) is 186 Å². The largest absolute Gasteiger partial charge is 0.481 e. The van der Waals surface area contributed by atoms with E-state index in [1.807, 2.05) is 213 Å². The molecule has 0 aliphatic carbocycles. The summed E-state index contributed by atoms with van der Waals surface area (Å²) in [4.78, 5) is 54.9. The molecule has 0 aliphatic heterocycles. The molecule has 10 nitrogen and oxygen atoms in total. The minimum atomic E-state index is -2.61.